The Hall–Kier alpha value is -7.88. The Kier molecular flexibility index (Phi) is 10.4. The van der Waals surface area contributed by atoms with Crippen LogP contribution in [0.2, 0.25) is 0 Å². The van der Waals surface area contributed by atoms with Gasteiger partial charge in [-0.25, -0.2) is 35.1 Å². The van der Waals surface area contributed by atoms with E-state index < -0.39 is 69.5 Å². The number of H-pyrrole nitrogens is 4. The van der Waals surface area contributed by atoms with Crippen molar-refractivity contribution in [2.45, 2.75) is 0 Å². The molecule has 4 aromatic heterocycles. The summed E-state index contributed by atoms with van der Waals surface area (Å²) in [6.45, 7) is 0. The van der Waals surface area contributed by atoms with Crippen LogP contribution in [0.3, 0.4) is 0 Å². The molecule has 0 saturated heterocycles. The highest BCUT2D eigenvalue weighted by molar-refractivity contribution is 5.86. The molecule has 1 aliphatic heterocycles. The highest BCUT2D eigenvalue weighted by Gasteiger charge is 2.27. The van der Waals surface area contributed by atoms with Crippen LogP contribution >= 0.6 is 0 Å². The van der Waals surface area contributed by atoms with Crippen LogP contribution in [0.25, 0.3) is 22.3 Å². The number of benzene rings is 4. The van der Waals surface area contributed by atoms with Crippen molar-refractivity contribution in [2.24, 2.45) is 0 Å². The number of aromatic amines is 4. The Morgan fingerprint density at radius 2 is 0.500 bits per heavy atom. The van der Waals surface area contributed by atoms with Gasteiger partial charge in [0.25, 0.3) is 0 Å². The van der Waals surface area contributed by atoms with Crippen molar-refractivity contribution < 1.29 is 54.1 Å². The number of methoxy groups -OCH3 is 4. The van der Waals surface area contributed by atoms with E-state index in [0.717, 1.165) is 52.7 Å². The molecule has 1 aliphatic rings. The predicted octanol–water partition coefficient (Wildman–Crippen LogP) is 7.45. The molecule has 0 aliphatic carbocycles. The quantitative estimate of drug-likeness (QED) is 0.119. The zero-order chi connectivity index (χ0) is 45.1. The van der Waals surface area contributed by atoms with E-state index in [2.05, 4.69) is 19.9 Å². The molecule has 324 valence electrons. The third-order valence-electron chi connectivity index (χ3n) is 11.0. The fraction of sp³-hybridized carbons (Fsp3) is 0.0833. The first-order chi connectivity index (χ1) is 30.9. The van der Waals surface area contributed by atoms with E-state index in [0.29, 0.717) is 0 Å². The summed E-state index contributed by atoms with van der Waals surface area (Å²) in [5.74, 6) is -11.0. The summed E-state index contributed by atoms with van der Waals surface area (Å²) < 4.78 is 146. The Morgan fingerprint density at radius 3 is 0.703 bits per heavy atom. The maximum Gasteiger partial charge on any atom is 0.191 e. The molecule has 0 radical (unpaired) electrons. The number of rotatable bonds is 8. The first-order valence-corrected chi connectivity index (χ1v) is 19.2. The molecule has 0 amide bonds. The number of fused-ring (bicyclic) bond motifs is 8. The first kappa shape index (κ1) is 41.5. The molecule has 0 atom stereocenters. The lowest BCUT2D eigenvalue weighted by molar-refractivity contribution is 0.359. The largest absolute Gasteiger partial charge is 0.491 e. The lowest BCUT2D eigenvalue weighted by Crippen LogP contribution is -2.20. The average molecular weight is 881 g/mol. The maximum absolute atomic E-state index is 16.4. The SMILES string of the molecule is COc1c(F)ccc(C2=c3ccc([nH]3)=C(c3ccc(F)c(OC)c3F)c3ccc([nH]3)C(c3ccc(F)c(OC)c3F)=c3ccc([nH]3)=C(c3ccc(F)c(OC)c3F)c3ccc2[nH]3)c1F. The van der Waals surface area contributed by atoms with E-state index >= 15 is 17.6 Å². The smallest absolute Gasteiger partial charge is 0.191 e. The van der Waals surface area contributed by atoms with Crippen LogP contribution in [-0.2, 0) is 0 Å². The van der Waals surface area contributed by atoms with Crippen LogP contribution in [-0.4, -0.2) is 48.4 Å². The third-order valence-corrected chi connectivity index (χ3v) is 11.0. The van der Waals surface area contributed by atoms with E-state index in [9.17, 15) is 17.6 Å². The highest BCUT2D eigenvalue weighted by atomic mass is 19.2. The summed E-state index contributed by atoms with van der Waals surface area (Å²) in [6.07, 6.45) is 0. The lowest BCUT2D eigenvalue weighted by atomic mass is 10.0. The second-order valence-electron chi connectivity index (χ2n) is 14.4. The van der Waals surface area contributed by atoms with Crippen LogP contribution in [0.15, 0.2) is 97.1 Å². The molecule has 16 heteroatoms. The van der Waals surface area contributed by atoms with Crippen molar-refractivity contribution in [3.8, 4) is 23.0 Å². The number of aromatic nitrogens is 4. The molecule has 4 N–H and O–H groups in total. The summed E-state index contributed by atoms with van der Waals surface area (Å²) in [5.41, 5.74) is 0.522. The number of hydrogen-bond donors (Lipinski definition) is 4. The molecule has 0 fully saturated rings. The van der Waals surface area contributed by atoms with Gasteiger partial charge in [-0.05, 0) is 97.1 Å². The minimum atomic E-state index is -1.08. The summed E-state index contributed by atoms with van der Waals surface area (Å²) >= 11 is 0. The number of nitrogens with one attached hydrogen (secondary N) is 4. The predicted molar refractivity (Wildman–Crippen MR) is 220 cm³/mol. The van der Waals surface area contributed by atoms with Crippen molar-refractivity contribution in [1.29, 1.82) is 0 Å². The van der Waals surface area contributed by atoms with Gasteiger partial charge in [0.05, 0.1) is 28.4 Å². The maximum atomic E-state index is 16.4. The van der Waals surface area contributed by atoms with E-state index in [1.165, 1.54) is 24.3 Å². The first-order valence-electron chi connectivity index (χ1n) is 19.2. The summed E-state index contributed by atoms with van der Waals surface area (Å²) in [7, 11) is 4.42. The summed E-state index contributed by atoms with van der Waals surface area (Å²) in [4.78, 5) is 12.9. The van der Waals surface area contributed by atoms with Crippen LogP contribution in [0.5, 0.6) is 23.0 Å². The van der Waals surface area contributed by atoms with E-state index in [1.807, 2.05) is 0 Å². The number of hydrogen-bond acceptors (Lipinski definition) is 4. The minimum absolute atomic E-state index is 0.101. The molecule has 0 unspecified atom stereocenters. The van der Waals surface area contributed by atoms with Gasteiger partial charge in [-0.1, -0.05) is 0 Å². The molecular weight excluding hydrogens is 849 g/mol. The Morgan fingerprint density at radius 1 is 0.281 bits per heavy atom. The van der Waals surface area contributed by atoms with Crippen LogP contribution in [0.4, 0.5) is 35.1 Å². The Balaban J connectivity index is 1.49. The molecule has 4 aromatic carbocycles. The number of ether oxygens (including phenoxy) is 4. The van der Waals surface area contributed by atoms with Gasteiger partial charge in [0, 0.05) is 88.7 Å². The summed E-state index contributed by atoms with van der Waals surface area (Å²) in [5, 5.41) is 0.751. The van der Waals surface area contributed by atoms with Crippen molar-refractivity contribution in [1.82, 2.24) is 19.9 Å². The fourth-order valence-electron chi connectivity index (χ4n) is 8.14. The van der Waals surface area contributed by atoms with Crippen molar-refractivity contribution in [2.75, 3.05) is 28.4 Å². The van der Waals surface area contributed by atoms with Gasteiger partial charge in [-0.3, -0.25) is 0 Å². The molecule has 0 spiro atoms. The van der Waals surface area contributed by atoms with Gasteiger partial charge < -0.3 is 38.9 Å². The van der Waals surface area contributed by atoms with Crippen LogP contribution < -0.4 is 40.3 Å². The van der Waals surface area contributed by atoms with Gasteiger partial charge in [0.1, 0.15) is 0 Å². The third kappa shape index (κ3) is 6.60. The monoisotopic (exact) mass is 880 g/mol. The molecule has 5 heterocycles. The lowest BCUT2D eigenvalue weighted by Gasteiger charge is -2.13. The fourth-order valence-corrected chi connectivity index (χ4v) is 8.14. The van der Waals surface area contributed by atoms with E-state index in [1.54, 1.807) is 48.5 Å². The zero-order valence-corrected chi connectivity index (χ0v) is 33.9. The second kappa shape index (κ2) is 16.1. The van der Waals surface area contributed by atoms with Crippen molar-refractivity contribution in [3.05, 3.63) is 210 Å². The van der Waals surface area contributed by atoms with Gasteiger partial charge in [0.2, 0.25) is 0 Å². The van der Waals surface area contributed by atoms with Crippen LogP contribution in [0, 0.1) is 46.5 Å². The Labute approximate surface area is 357 Å². The topological polar surface area (TPSA) is 100 Å². The molecular formula is C48H32F8N4O4. The zero-order valence-electron chi connectivity index (χ0n) is 33.9. The standard InChI is InChI=1S/C48H32F8N4O4/c1-61-45-25(49)9-5-21(41(45)53)37-29-13-15-31(57-29)38(22-6-10-26(50)46(62-2)42(22)54)33-17-19-35(59-33)40(24-8-12-28(52)48(64-4)44(24)56)36-20-18-34(60-36)39(32-16-14-30(37)58-32)23-7-11-27(51)47(63-3)43(23)55/h5-20,57-60H,1-4H3. The van der Waals surface area contributed by atoms with Gasteiger partial charge in [0.15, 0.2) is 69.5 Å². The van der Waals surface area contributed by atoms with Crippen molar-refractivity contribution >= 4 is 22.3 Å². The molecule has 64 heavy (non-hydrogen) atoms. The average Bonchev–Trinajstić information content (AvgIpc) is 4.12. The second-order valence-corrected chi connectivity index (χ2v) is 14.4. The Bertz CT molecular complexity index is 3010. The van der Waals surface area contributed by atoms with Crippen LogP contribution in [0.1, 0.15) is 45.0 Å². The molecule has 0 saturated carbocycles. The van der Waals surface area contributed by atoms with Crippen molar-refractivity contribution in [3.63, 3.8) is 0 Å². The number of halogens is 8. The molecule has 8 aromatic rings. The van der Waals surface area contributed by atoms with Gasteiger partial charge in [-0.15, -0.1) is 0 Å². The highest BCUT2D eigenvalue weighted by Crippen LogP contribution is 2.36. The molecule has 8 nitrogen and oxygen atoms in total. The molecule has 9 rings (SSSR count). The van der Waals surface area contributed by atoms with Gasteiger partial charge in [-0.2, -0.15) is 0 Å². The van der Waals surface area contributed by atoms with Gasteiger partial charge >= 0.3 is 0 Å². The normalized spacial score (nSPS) is 12.6. The molecule has 8 bridgehead atoms. The van der Waals surface area contributed by atoms with E-state index in [4.69, 9.17) is 18.9 Å². The van der Waals surface area contributed by atoms with E-state index in [-0.39, 0.29) is 88.7 Å². The minimum Gasteiger partial charge on any atom is -0.491 e. The summed E-state index contributed by atoms with van der Waals surface area (Å²) in [6, 6.07) is 21.2.